The fourth-order valence-corrected chi connectivity index (χ4v) is 9.88. The molecule has 0 heterocycles. The van der Waals surface area contributed by atoms with Crippen LogP contribution >= 0.6 is 0 Å². The summed E-state index contributed by atoms with van der Waals surface area (Å²) < 4.78 is 17.0. The summed E-state index contributed by atoms with van der Waals surface area (Å²) >= 11 is 0. The predicted octanol–water partition coefficient (Wildman–Crippen LogP) is 24.2. The Morgan fingerprint density at radius 1 is 0.256 bits per heavy atom. The molecular formula is C76H130O6. The summed E-state index contributed by atoms with van der Waals surface area (Å²) in [5, 5.41) is 0. The molecule has 0 radical (unpaired) electrons. The van der Waals surface area contributed by atoms with Crippen LogP contribution < -0.4 is 0 Å². The van der Waals surface area contributed by atoms with Crippen LogP contribution in [-0.2, 0) is 28.6 Å². The first kappa shape index (κ1) is 78.1. The van der Waals surface area contributed by atoms with Crippen molar-refractivity contribution in [2.75, 3.05) is 13.2 Å². The van der Waals surface area contributed by atoms with E-state index in [0.717, 1.165) is 135 Å². The summed E-state index contributed by atoms with van der Waals surface area (Å²) in [5.41, 5.74) is 0. The standard InChI is InChI=1S/C76H130O6/c1-4-7-10-13-16-19-22-25-28-31-33-35-37-38-39-41-42-45-48-51-54-57-60-63-66-69-75(78)81-72-73(71-80-74(77)68-65-62-59-56-53-50-47-44-30-27-24-21-18-15-12-9-6-3)82-76(79)70-67-64-61-58-55-52-49-46-43-40-36-34-32-29-26-23-20-17-14-11-8-5-2/h7,9-10,12,16,18-19,21,25,27-28,30,33,35,38-39,42,45,73H,4-6,8,11,13-15,17,20,22-24,26,29,31-32,34,36-37,40-41,43-44,46-72H2,1-3H3/b10-7-,12-9-,19-16-,21-18-,28-25-,30-27-,35-33-,39-38-,45-42-. The highest BCUT2D eigenvalue weighted by Gasteiger charge is 2.19. The third kappa shape index (κ3) is 66.9. The number of hydrogen-bond acceptors (Lipinski definition) is 6. The second-order valence-electron chi connectivity index (χ2n) is 23.0. The van der Waals surface area contributed by atoms with Gasteiger partial charge in [-0.25, -0.2) is 0 Å². The molecule has 1 atom stereocenters. The van der Waals surface area contributed by atoms with Gasteiger partial charge in [0.25, 0.3) is 0 Å². The van der Waals surface area contributed by atoms with Crippen molar-refractivity contribution in [3.05, 3.63) is 109 Å². The van der Waals surface area contributed by atoms with Crippen molar-refractivity contribution in [1.82, 2.24) is 0 Å². The molecular weight excluding hydrogens is 1010 g/mol. The van der Waals surface area contributed by atoms with Gasteiger partial charge in [0.05, 0.1) is 0 Å². The van der Waals surface area contributed by atoms with Gasteiger partial charge in [0, 0.05) is 19.3 Å². The van der Waals surface area contributed by atoms with E-state index < -0.39 is 6.10 Å². The van der Waals surface area contributed by atoms with Gasteiger partial charge in [-0.1, -0.05) is 323 Å². The van der Waals surface area contributed by atoms with Gasteiger partial charge in [0.1, 0.15) is 13.2 Å². The van der Waals surface area contributed by atoms with Crippen LogP contribution in [0.25, 0.3) is 0 Å². The van der Waals surface area contributed by atoms with Crippen molar-refractivity contribution in [1.29, 1.82) is 0 Å². The summed E-state index contributed by atoms with van der Waals surface area (Å²) in [6, 6.07) is 0. The maximum absolute atomic E-state index is 13.0. The van der Waals surface area contributed by atoms with Crippen LogP contribution in [0.5, 0.6) is 0 Å². The third-order valence-electron chi connectivity index (χ3n) is 15.0. The summed E-state index contributed by atoms with van der Waals surface area (Å²) in [4.78, 5) is 38.5. The molecule has 0 spiro atoms. The Kier molecular flexibility index (Phi) is 66.2. The molecule has 82 heavy (non-hydrogen) atoms. The Hall–Kier alpha value is -3.93. The minimum Gasteiger partial charge on any atom is -0.462 e. The zero-order valence-corrected chi connectivity index (χ0v) is 54.0. The lowest BCUT2D eigenvalue weighted by molar-refractivity contribution is -0.167. The molecule has 470 valence electrons. The molecule has 1 unspecified atom stereocenters. The van der Waals surface area contributed by atoms with Crippen LogP contribution in [0.1, 0.15) is 335 Å². The van der Waals surface area contributed by atoms with Crippen LogP contribution in [-0.4, -0.2) is 37.2 Å². The Morgan fingerprint density at radius 2 is 0.476 bits per heavy atom. The lowest BCUT2D eigenvalue weighted by Crippen LogP contribution is -2.30. The van der Waals surface area contributed by atoms with Gasteiger partial charge in [0.15, 0.2) is 6.10 Å². The van der Waals surface area contributed by atoms with E-state index in [1.807, 2.05) is 0 Å². The normalized spacial score (nSPS) is 12.8. The molecule has 0 aromatic carbocycles. The van der Waals surface area contributed by atoms with Gasteiger partial charge < -0.3 is 14.2 Å². The van der Waals surface area contributed by atoms with Gasteiger partial charge in [-0.15, -0.1) is 0 Å². The summed E-state index contributed by atoms with van der Waals surface area (Å²) in [7, 11) is 0. The number of hydrogen-bond donors (Lipinski definition) is 0. The fourth-order valence-electron chi connectivity index (χ4n) is 9.88. The zero-order valence-electron chi connectivity index (χ0n) is 54.0. The second kappa shape index (κ2) is 69.6. The van der Waals surface area contributed by atoms with Crippen molar-refractivity contribution in [2.24, 2.45) is 0 Å². The second-order valence-corrected chi connectivity index (χ2v) is 23.0. The highest BCUT2D eigenvalue weighted by Crippen LogP contribution is 2.17. The number of allylic oxidation sites excluding steroid dienone is 18. The third-order valence-corrected chi connectivity index (χ3v) is 15.0. The molecule has 0 aliphatic carbocycles. The van der Waals surface area contributed by atoms with E-state index in [0.29, 0.717) is 19.3 Å². The molecule has 0 aromatic heterocycles. The molecule has 0 N–H and O–H groups in total. The zero-order chi connectivity index (χ0) is 59.2. The first-order valence-corrected chi connectivity index (χ1v) is 34.9. The number of carbonyl (C=O) groups excluding carboxylic acids is 3. The van der Waals surface area contributed by atoms with E-state index in [1.54, 1.807) is 0 Å². The van der Waals surface area contributed by atoms with Gasteiger partial charge in [-0.3, -0.25) is 14.4 Å². The topological polar surface area (TPSA) is 78.9 Å². The fraction of sp³-hybridized carbons (Fsp3) is 0.724. The molecule has 0 rings (SSSR count). The Balaban J connectivity index is 4.39. The number of rotatable bonds is 63. The maximum atomic E-state index is 13.0. The maximum Gasteiger partial charge on any atom is 0.306 e. The Morgan fingerprint density at radius 3 is 0.744 bits per heavy atom. The Bertz CT molecular complexity index is 1640. The van der Waals surface area contributed by atoms with Crippen LogP contribution in [0.15, 0.2) is 109 Å². The van der Waals surface area contributed by atoms with Gasteiger partial charge in [0.2, 0.25) is 0 Å². The molecule has 0 fully saturated rings. The molecule has 6 heteroatoms. The smallest absolute Gasteiger partial charge is 0.306 e. The first-order valence-electron chi connectivity index (χ1n) is 34.9. The first-order chi connectivity index (χ1) is 40.5. The molecule has 6 nitrogen and oxygen atoms in total. The van der Waals surface area contributed by atoms with Gasteiger partial charge >= 0.3 is 17.9 Å². The van der Waals surface area contributed by atoms with E-state index in [1.165, 1.54) is 161 Å². The van der Waals surface area contributed by atoms with E-state index in [2.05, 4.69) is 130 Å². The SMILES string of the molecule is CC/C=C\C/C=C\C/C=C\C/C=C\C/C=C\C/C=C\CCCCCCCCC(=O)OCC(COC(=O)CCCCCCCCC/C=C\C/C=C\C/C=C\CC)OC(=O)CCCCCCCCCCCCCCCCCCCCCCCC. The predicted molar refractivity (Wildman–Crippen MR) is 357 cm³/mol. The quantitative estimate of drug-likeness (QED) is 0.0261. The van der Waals surface area contributed by atoms with Crippen LogP contribution in [0.2, 0.25) is 0 Å². The minimum absolute atomic E-state index is 0.0865. The summed E-state index contributed by atoms with van der Waals surface area (Å²) in [6.45, 7) is 6.44. The average molecular weight is 1140 g/mol. The number of unbranched alkanes of at least 4 members (excludes halogenated alkanes) is 34. The van der Waals surface area contributed by atoms with Crippen LogP contribution in [0.4, 0.5) is 0 Å². The van der Waals surface area contributed by atoms with Crippen molar-refractivity contribution < 1.29 is 28.6 Å². The van der Waals surface area contributed by atoms with E-state index in [-0.39, 0.29) is 31.1 Å². The molecule has 0 saturated carbocycles. The van der Waals surface area contributed by atoms with E-state index in [4.69, 9.17) is 14.2 Å². The molecule has 0 aromatic rings. The highest BCUT2D eigenvalue weighted by molar-refractivity contribution is 5.71. The lowest BCUT2D eigenvalue weighted by atomic mass is 10.0. The molecule has 0 saturated heterocycles. The number of esters is 3. The molecule has 0 bridgehead atoms. The van der Waals surface area contributed by atoms with Crippen molar-refractivity contribution in [2.45, 2.75) is 341 Å². The molecule has 0 aliphatic rings. The summed E-state index contributed by atoms with van der Waals surface area (Å²) in [5.74, 6) is -0.895. The molecule has 0 amide bonds. The minimum atomic E-state index is -0.791. The number of ether oxygens (including phenoxy) is 3. The van der Waals surface area contributed by atoms with E-state index >= 15 is 0 Å². The summed E-state index contributed by atoms with van der Waals surface area (Å²) in [6.07, 6.45) is 95.3. The van der Waals surface area contributed by atoms with Crippen molar-refractivity contribution >= 4 is 17.9 Å². The lowest BCUT2D eigenvalue weighted by Gasteiger charge is -2.18. The highest BCUT2D eigenvalue weighted by atomic mass is 16.6. The van der Waals surface area contributed by atoms with E-state index in [9.17, 15) is 14.4 Å². The van der Waals surface area contributed by atoms with Crippen LogP contribution in [0, 0.1) is 0 Å². The average Bonchev–Trinajstić information content (AvgIpc) is 3.47. The van der Waals surface area contributed by atoms with Gasteiger partial charge in [-0.05, 0) is 103 Å². The van der Waals surface area contributed by atoms with Crippen LogP contribution in [0.3, 0.4) is 0 Å². The Labute approximate surface area is 508 Å². The van der Waals surface area contributed by atoms with Crippen molar-refractivity contribution in [3.8, 4) is 0 Å². The largest absolute Gasteiger partial charge is 0.462 e. The number of carbonyl (C=O) groups is 3. The van der Waals surface area contributed by atoms with Gasteiger partial charge in [-0.2, -0.15) is 0 Å². The molecule has 0 aliphatic heterocycles. The monoisotopic (exact) mass is 1140 g/mol. The van der Waals surface area contributed by atoms with Crippen molar-refractivity contribution in [3.63, 3.8) is 0 Å².